The Kier molecular flexibility index (Phi) is 4.28. The van der Waals surface area contributed by atoms with Gasteiger partial charge in [0.15, 0.2) is 5.78 Å². The van der Waals surface area contributed by atoms with Gasteiger partial charge in [0.25, 0.3) is 0 Å². The molecule has 0 fully saturated rings. The maximum atomic E-state index is 12.5. The zero-order valence-corrected chi connectivity index (χ0v) is 12.6. The molecule has 1 aromatic rings. The van der Waals surface area contributed by atoms with Gasteiger partial charge in [0.2, 0.25) is 0 Å². The second-order valence-corrected chi connectivity index (χ2v) is 6.88. The van der Waals surface area contributed by atoms with Crippen LogP contribution < -0.4 is 0 Å². The molecule has 0 aliphatic rings. The summed E-state index contributed by atoms with van der Waals surface area (Å²) in [6.45, 7) is 11.1. The van der Waals surface area contributed by atoms with Crippen LogP contribution in [0, 0.1) is 10.8 Å². The van der Waals surface area contributed by atoms with E-state index in [0.29, 0.717) is 0 Å². The Labute approximate surface area is 114 Å². The third-order valence-corrected chi connectivity index (χ3v) is 3.01. The van der Waals surface area contributed by atoms with E-state index in [4.69, 9.17) is 0 Å². The highest BCUT2D eigenvalue weighted by atomic mass is 16.1. The molecule has 0 amide bonds. The zero-order valence-electron chi connectivity index (χ0n) is 12.6. The topological polar surface area (TPSA) is 64.8 Å². The van der Waals surface area contributed by atoms with Gasteiger partial charge in [0.05, 0.1) is 0 Å². The fraction of sp³-hybridized carbons (Fsp3) is 0.714. The summed E-state index contributed by atoms with van der Waals surface area (Å²) in [7, 11) is 0. The third kappa shape index (κ3) is 3.98. The Morgan fingerprint density at radius 3 is 2.05 bits per heavy atom. The standard InChI is InChI=1S/C14H23N3O2/c1-13(2,3)11(18)7-10(12(19)14(4,5)6)17-9-15-8-16-17/h8-10H,7H2,1-6H3. The smallest absolute Gasteiger partial charge is 0.163 e. The molecule has 1 aromatic heterocycles. The van der Waals surface area contributed by atoms with E-state index in [1.165, 1.54) is 17.3 Å². The van der Waals surface area contributed by atoms with Crippen molar-refractivity contribution >= 4 is 11.6 Å². The van der Waals surface area contributed by atoms with Gasteiger partial charge in [0.1, 0.15) is 24.5 Å². The average molecular weight is 265 g/mol. The summed E-state index contributed by atoms with van der Waals surface area (Å²) in [5, 5.41) is 4.02. The summed E-state index contributed by atoms with van der Waals surface area (Å²) in [4.78, 5) is 28.5. The fourth-order valence-electron chi connectivity index (χ4n) is 1.67. The minimum Gasteiger partial charge on any atom is -0.299 e. The van der Waals surface area contributed by atoms with E-state index in [2.05, 4.69) is 10.1 Å². The predicted octanol–water partition coefficient (Wildman–Crippen LogP) is 2.44. The molecule has 0 aliphatic carbocycles. The lowest BCUT2D eigenvalue weighted by atomic mass is 9.81. The van der Waals surface area contributed by atoms with E-state index >= 15 is 0 Å². The maximum absolute atomic E-state index is 12.5. The minimum atomic E-state index is -0.575. The van der Waals surface area contributed by atoms with Crippen LogP contribution in [0.4, 0.5) is 0 Å². The second kappa shape index (κ2) is 5.23. The van der Waals surface area contributed by atoms with Crippen molar-refractivity contribution in [1.82, 2.24) is 14.8 Å². The first-order valence-electron chi connectivity index (χ1n) is 6.45. The molecule has 0 spiro atoms. The Morgan fingerprint density at radius 1 is 1.11 bits per heavy atom. The first-order chi connectivity index (χ1) is 8.53. The van der Waals surface area contributed by atoms with E-state index in [9.17, 15) is 9.59 Å². The summed E-state index contributed by atoms with van der Waals surface area (Å²) >= 11 is 0. The molecule has 19 heavy (non-hydrogen) atoms. The van der Waals surface area contributed by atoms with Gasteiger partial charge in [-0.25, -0.2) is 9.67 Å². The van der Waals surface area contributed by atoms with Crippen LogP contribution in [0.1, 0.15) is 54.0 Å². The quantitative estimate of drug-likeness (QED) is 0.838. The van der Waals surface area contributed by atoms with Gasteiger partial charge in [-0.2, -0.15) is 5.10 Å². The van der Waals surface area contributed by atoms with Crippen LogP contribution in [-0.4, -0.2) is 26.3 Å². The fourth-order valence-corrected chi connectivity index (χ4v) is 1.67. The van der Waals surface area contributed by atoms with Gasteiger partial charge in [-0.15, -0.1) is 0 Å². The van der Waals surface area contributed by atoms with Crippen LogP contribution >= 0.6 is 0 Å². The minimum absolute atomic E-state index is 0.00407. The molecule has 0 aliphatic heterocycles. The molecule has 0 aromatic carbocycles. The predicted molar refractivity (Wildman–Crippen MR) is 72.6 cm³/mol. The number of rotatable bonds is 4. The first kappa shape index (κ1) is 15.5. The Morgan fingerprint density at radius 2 is 1.68 bits per heavy atom. The van der Waals surface area contributed by atoms with E-state index in [-0.39, 0.29) is 18.0 Å². The molecule has 0 N–H and O–H groups in total. The van der Waals surface area contributed by atoms with Gasteiger partial charge in [-0.05, 0) is 0 Å². The summed E-state index contributed by atoms with van der Waals surface area (Å²) in [6.07, 6.45) is 3.03. The monoisotopic (exact) mass is 265 g/mol. The van der Waals surface area contributed by atoms with Crippen LogP contribution in [0.15, 0.2) is 12.7 Å². The molecule has 5 nitrogen and oxygen atoms in total. The number of Topliss-reactive ketones (excluding diaryl/α,β-unsaturated/α-hetero) is 2. The Bertz CT molecular complexity index is 450. The SMILES string of the molecule is CC(C)(C)C(=O)CC(C(=O)C(C)(C)C)n1cncn1. The molecule has 1 atom stereocenters. The maximum Gasteiger partial charge on any atom is 0.163 e. The zero-order chi connectivity index (χ0) is 14.8. The molecular weight excluding hydrogens is 242 g/mol. The lowest BCUT2D eigenvalue weighted by Gasteiger charge is -2.26. The van der Waals surface area contributed by atoms with Gasteiger partial charge < -0.3 is 0 Å². The summed E-state index contributed by atoms with van der Waals surface area (Å²) in [5.41, 5.74) is -0.980. The van der Waals surface area contributed by atoms with Crippen LogP contribution in [0.2, 0.25) is 0 Å². The molecule has 1 unspecified atom stereocenters. The molecule has 1 rings (SSSR count). The van der Waals surface area contributed by atoms with Crippen LogP contribution in [0.3, 0.4) is 0 Å². The van der Waals surface area contributed by atoms with E-state index in [1.54, 1.807) is 0 Å². The van der Waals surface area contributed by atoms with Crippen LogP contribution in [0.25, 0.3) is 0 Å². The molecule has 0 saturated carbocycles. The summed E-state index contributed by atoms with van der Waals surface area (Å²) in [6, 6.07) is -0.575. The van der Waals surface area contributed by atoms with Gasteiger partial charge in [-0.1, -0.05) is 41.5 Å². The van der Waals surface area contributed by atoms with Crippen LogP contribution in [-0.2, 0) is 9.59 Å². The van der Waals surface area contributed by atoms with Crippen LogP contribution in [0.5, 0.6) is 0 Å². The van der Waals surface area contributed by atoms with Crippen molar-refractivity contribution in [2.24, 2.45) is 10.8 Å². The average Bonchev–Trinajstić information content (AvgIpc) is 2.74. The molecule has 0 saturated heterocycles. The Balaban J connectivity index is 3.02. The number of hydrogen-bond donors (Lipinski definition) is 0. The first-order valence-corrected chi connectivity index (χ1v) is 6.45. The van der Waals surface area contributed by atoms with Gasteiger partial charge in [0, 0.05) is 17.3 Å². The third-order valence-electron chi connectivity index (χ3n) is 3.01. The molecule has 5 heteroatoms. The number of nitrogens with zero attached hydrogens (tertiary/aromatic N) is 3. The van der Waals surface area contributed by atoms with Gasteiger partial charge in [-0.3, -0.25) is 9.59 Å². The number of ketones is 2. The number of carbonyl (C=O) groups is 2. The lowest BCUT2D eigenvalue weighted by molar-refractivity contribution is -0.135. The molecule has 0 bridgehead atoms. The summed E-state index contributed by atoms with van der Waals surface area (Å²) in [5.74, 6) is 0.0428. The highest BCUT2D eigenvalue weighted by molar-refractivity contribution is 5.93. The largest absolute Gasteiger partial charge is 0.299 e. The number of hydrogen-bond acceptors (Lipinski definition) is 4. The van der Waals surface area contributed by atoms with Crippen molar-refractivity contribution in [1.29, 1.82) is 0 Å². The summed E-state index contributed by atoms with van der Waals surface area (Å²) < 4.78 is 1.48. The number of aromatic nitrogens is 3. The normalized spacial score (nSPS) is 14.2. The molecule has 1 heterocycles. The lowest BCUT2D eigenvalue weighted by Crippen LogP contribution is -2.34. The molecular formula is C14H23N3O2. The van der Waals surface area contributed by atoms with Crippen molar-refractivity contribution in [2.45, 2.75) is 54.0 Å². The van der Waals surface area contributed by atoms with Crippen molar-refractivity contribution in [2.75, 3.05) is 0 Å². The highest BCUT2D eigenvalue weighted by Crippen LogP contribution is 2.28. The molecule has 0 radical (unpaired) electrons. The van der Waals surface area contributed by atoms with E-state index < -0.39 is 16.9 Å². The van der Waals surface area contributed by atoms with Crippen molar-refractivity contribution in [3.8, 4) is 0 Å². The highest BCUT2D eigenvalue weighted by Gasteiger charge is 2.35. The van der Waals surface area contributed by atoms with E-state index in [0.717, 1.165) is 0 Å². The molecule has 106 valence electrons. The van der Waals surface area contributed by atoms with Crippen molar-refractivity contribution in [3.05, 3.63) is 12.7 Å². The second-order valence-electron chi connectivity index (χ2n) is 6.88. The van der Waals surface area contributed by atoms with Crippen molar-refractivity contribution in [3.63, 3.8) is 0 Å². The number of carbonyl (C=O) groups excluding carboxylic acids is 2. The van der Waals surface area contributed by atoms with Crippen molar-refractivity contribution < 1.29 is 9.59 Å². The van der Waals surface area contributed by atoms with E-state index in [1.807, 2.05) is 41.5 Å². The van der Waals surface area contributed by atoms with Gasteiger partial charge >= 0.3 is 0 Å². The Hall–Kier alpha value is -1.52.